The van der Waals surface area contributed by atoms with Crippen molar-refractivity contribution in [1.29, 1.82) is 0 Å². The van der Waals surface area contributed by atoms with Crippen molar-refractivity contribution in [3.8, 4) is 22.7 Å². The summed E-state index contributed by atoms with van der Waals surface area (Å²) in [5, 5.41) is 18.2. The number of hydrogen-bond donors (Lipinski definition) is 2. The van der Waals surface area contributed by atoms with Crippen LogP contribution in [0.2, 0.25) is 0 Å². The van der Waals surface area contributed by atoms with Crippen LogP contribution in [-0.4, -0.2) is 23.3 Å². The number of rotatable bonds is 3. The van der Waals surface area contributed by atoms with E-state index >= 15 is 0 Å². The number of halogens is 3. The summed E-state index contributed by atoms with van der Waals surface area (Å²) in [4.78, 5) is -0.177. The molecule has 0 aliphatic carbocycles. The lowest BCUT2D eigenvalue weighted by Gasteiger charge is -2.09. The van der Waals surface area contributed by atoms with E-state index in [0.717, 1.165) is 10.7 Å². The van der Waals surface area contributed by atoms with Crippen molar-refractivity contribution in [2.45, 2.75) is 11.1 Å². The first kappa shape index (κ1) is 18.0. The third kappa shape index (κ3) is 3.55. The lowest BCUT2D eigenvalue weighted by Crippen LogP contribution is -2.12. The van der Waals surface area contributed by atoms with Gasteiger partial charge in [0.2, 0.25) is 10.0 Å². The van der Waals surface area contributed by atoms with Gasteiger partial charge in [0.15, 0.2) is 5.69 Å². The quantitative estimate of drug-likeness (QED) is 0.727. The minimum absolute atomic E-state index is 0.0802. The van der Waals surface area contributed by atoms with Crippen molar-refractivity contribution >= 4 is 10.0 Å². The molecule has 1 heterocycles. The molecule has 0 fully saturated rings. The molecule has 26 heavy (non-hydrogen) atoms. The molecule has 6 nitrogen and oxygen atoms in total. The number of alkyl halides is 3. The summed E-state index contributed by atoms with van der Waals surface area (Å²) >= 11 is 0. The molecule has 0 bridgehead atoms. The van der Waals surface area contributed by atoms with Crippen LogP contribution in [0, 0.1) is 0 Å². The molecule has 0 atom stereocenters. The summed E-state index contributed by atoms with van der Waals surface area (Å²) in [7, 11) is -3.93. The summed E-state index contributed by atoms with van der Waals surface area (Å²) in [6.45, 7) is 0. The Morgan fingerprint density at radius 3 is 2.23 bits per heavy atom. The number of phenols is 1. The molecule has 1 aromatic heterocycles. The van der Waals surface area contributed by atoms with E-state index in [9.17, 15) is 26.7 Å². The minimum Gasteiger partial charge on any atom is -0.508 e. The number of benzene rings is 2. The average Bonchev–Trinajstić information content (AvgIpc) is 3.00. The molecular formula is C16H12F3N3O3S. The van der Waals surface area contributed by atoms with Crippen molar-refractivity contribution < 1.29 is 26.7 Å². The Kier molecular flexibility index (Phi) is 4.24. The second-order valence-corrected chi connectivity index (χ2v) is 6.98. The summed E-state index contributed by atoms with van der Waals surface area (Å²) in [6.07, 6.45) is -4.67. The third-order valence-corrected chi connectivity index (χ3v) is 4.48. The third-order valence-electron chi connectivity index (χ3n) is 3.55. The minimum atomic E-state index is -4.67. The number of primary sulfonamides is 1. The molecule has 0 radical (unpaired) electrons. The largest absolute Gasteiger partial charge is 0.508 e. The van der Waals surface area contributed by atoms with Gasteiger partial charge in [-0.25, -0.2) is 18.2 Å². The monoisotopic (exact) mass is 383 g/mol. The van der Waals surface area contributed by atoms with Crippen LogP contribution in [0.1, 0.15) is 5.69 Å². The Morgan fingerprint density at radius 1 is 1.04 bits per heavy atom. The topological polar surface area (TPSA) is 98.2 Å². The standard InChI is InChI=1S/C16H12F3N3O3S/c17-16(18,19)15-9-14(10-2-1-3-12(23)8-10)22(21-15)11-4-6-13(7-5-11)26(20,24)25/h1-9,23H,(H2,20,24,25). The van der Waals surface area contributed by atoms with Gasteiger partial charge in [0, 0.05) is 5.56 Å². The number of sulfonamides is 1. The van der Waals surface area contributed by atoms with Crippen LogP contribution in [0.5, 0.6) is 5.75 Å². The van der Waals surface area contributed by atoms with Crippen LogP contribution in [0.3, 0.4) is 0 Å². The highest BCUT2D eigenvalue weighted by Gasteiger charge is 2.35. The first-order chi connectivity index (χ1) is 12.1. The highest BCUT2D eigenvalue weighted by Crippen LogP contribution is 2.34. The number of hydrogen-bond acceptors (Lipinski definition) is 4. The molecule has 0 aliphatic rings. The molecule has 0 saturated heterocycles. The second-order valence-electron chi connectivity index (χ2n) is 5.41. The Hall–Kier alpha value is -2.85. The van der Waals surface area contributed by atoms with Gasteiger partial charge in [0.05, 0.1) is 16.3 Å². The van der Waals surface area contributed by atoms with E-state index in [1.54, 1.807) is 0 Å². The van der Waals surface area contributed by atoms with Gasteiger partial charge in [0.1, 0.15) is 5.75 Å². The lowest BCUT2D eigenvalue weighted by molar-refractivity contribution is -0.141. The van der Waals surface area contributed by atoms with E-state index in [0.29, 0.717) is 5.56 Å². The summed E-state index contributed by atoms with van der Waals surface area (Å²) < 4.78 is 62.9. The van der Waals surface area contributed by atoms with Gasteiger partial charge in [-0.2, -0.15) is 18.3 Å². The summed E-state index contributed by atoms with van der Waals surface area (Å²) in [5.74, 6) is -0.117. The van der Waals surface area contributed by atoms with E-state index in [2.05, 4.69) is 5.10 Å². The van der Waals surface area contributed by atoms with Crippen molar-refractivity contribution in [2.24, 2.45) is 5.14 Å². The highest BCUT2D eigenvalue weighted by molar-refractivity contribution is 7.89. The van der Waals surface area contributed by atoms with Crippen LogP contribution in [0.4, 0.5) is 13.2 Å². The molecule has 10 heteroatoms. The molecule has 3 aromatic rings. The maximum Gasteiger partial charge on any atom is 0.435 e. The lowest BCUT2D eigenvalue weighted by atomic mass is 10.1. The van der Waals surface area contributed by atoms with Crippen LogP contribution < -0.4 is 5.14 Å². The van der Waals surface area contributed by atoms with Crippen molar-refractivity contribution in [2.75, 3.05) is 0 Å². The predicted octanol–water partition coefficient (Wildman–Crippen LogP) is 2.91. The average molecular weight is 383 g/mol. The number of aromatic nitrogens is 2. The number of nitrogens with two attached hydrogens (primary N) is 1. The molecule has 0 saturated carbocycles. The van der Waals surface area contributed by atoms with Gasteiger partial charge in [-0.1, -0.05) is 12.1 Å². The highest BCUT2D eigenvalue weighted by atomic mass is 32.2. The first-order valence-corrected chi connectivity index (χ1v) is 8.70. The maximum absolute atomic E-state index is 13.1. The zero-order valence-corrected chi connectivity index (χ0v) is 13.8. The van der Waals surface area contributed by atoms with Crippen LogP contribution in [-0.2, 0) is 16.2 Å². The Morgan fingerprint density at radius 2 is 1.69 bits per heavy atom. The normalized spacial score (nSPS) is 12.3. The van der Waals surface area contributed by atoms with Gasteiger partial charge in [-0.3, -0.25) is 0 Å². The van der Waals surface area contributed by atoms with Crippen molar-refractivity contribution in [3.63, 3.8) is 0 Å². The van der Waals surface area contributed by atoms with Crippen LogP contribution >= 0.6 is 0 Å². The van der Waals surface area contributed by atoms with Crippen LogP contribution in [0.25, 0.3) is 16.9 Å². The van der Waals surface area contributed by atoms with E-state index in [1.165, 1.54) is 48.5 Å². The summed E-state index contributed by atoms with van der Waals surface area (Å²) in [5.41, 5.74) is -0.530. The predicted molar refractivity (Wildman–Crippen MR) is 87.0 cm³/mol. The zero-order chi connectivity index (χ0) is 19.1. The van der Waals surface area contributed by atoms with E-state index < -0.39 is 21.9 Å². The molecule has 0 unspecified atom stereocenters. The molecule has 0 amide bonds. The van der Waals surface area contributed by atoms with Gasteiger partial charge in [-0.15, -0.1) is 0 Å². The fourth-order valence-corrected chi connectivity index (χ4v) is 2.88. The Balaban J connectivity index is 2.18. The molecular weight excluding hydrogens is 371 g/mol. The number of phenolic OH excluding ortho intramolecular Hbond substituents is 1. The molecule has 2 aromatic carbocycles. The second kappa shape index (κ2) is 6.15. The van der Waals surface area contributed by atoms with Gasteiger partial charge >= 0.3 is 6.18 Å². The van der Waals surface area contributed by atoms with Gasteiger partial charge in [-0.05, 0) is 42.5 Å². The Bertz CT molecular complexity index is 1060. The molecule has 136 valence electrons. The molecule has 0 spiro atoms. The maximum atomic E-state index is 13.1. The van der Waals surface area contributed by atoms with Crippen LogP contribution in [0.15, 0.2) is 59.5 Å². The fourth-order valence-electron chi connectivity index (χ4n) is 2.36. The van der Waals surface area contributed by atoms with Crippen molar-refractivity contribution in [3.05, 3.63) is 60.3 Å². The van der Waals surface area contributed by atoms with Gasteiger partial charge in [0.25, 0.3) is 0 Å². The van der Waals surface area contributed by atoms with E-state index in [1.807, 2.05) is 0 Å². The SMILES string of the molecule is NS(=O)(=O)c1ccc(-n2nc(C(F)(F)F)cc2-c2cccc(O)c2)cc1. The summed E-state index contributed by atoms with van der Waals surface area (Å²) in [6, 6.07) is 11.5. The molecule has 3 rings (SSSR count). The number of aromatic hydroxyl groups is 1. The van der Waals surface area contributed by atoms with Gasteiger partial charge < -0.3 is 5.11 Å². The van der Waals surface area contributed by atoms with Crippen molar-refractivity contribution in [1.82, 2.24) is 9.78 Å². The van der Waals surface area contributed by atoms with E-state index in [-0.39, 0.29) is 22.0 Å². The Labute approximate surface area is 146 Å². The number of nitrogens with zero attached hydrogens (tertiary/aromatic N) is 2. The first-order valence-electron chi connectivity index (χ1n) is 7.15. The van der Waals surface area contributed by atoms with E-state index in [4.69, 9.17) is 5.14 Å². The fraction of sp³-hybridized carbons (Fsp3) is 0.0625. The molecule has 0 aliphatic heterocycles. The molecule has 3 N–H and O–H groups in total. The zero-order valence-electron chi connectivity index (χ0n) is 13.0. The smallest absolute Gasteiger partial charge is 0.435 e.